The van der Waals surface area contributed by atoms with Gasteiger partial charge in [0, 0.05) is 15.6 Å². The third-order valence-electron chi connectivity index (χ3n) is 2.46. The number of nitrogens with two attached hydrogens (primary N) is 1. The molecule has 0 radical (unpaired) electrons. The van der Waals surface area contributed by atoms with Crippen LogP contribution in [0.15, 0.2) is 30.3 Å². The Hall–Kier alpha value is -1.78. The van der Waals surface area contributed by atoms with Crippen LogP contribution in [0.25, 0.3) is 11.3 Å². The van der Waals surface area contributed by atoms with Gasteiger partial charge in [0.05, 0.1) is 18.5 Å². The number of hydrogen-bond acceptors (Lipinski definition) is 4. The Morgan fingerprint density at radius 2 is 1.84 bits per heavy atom. The molecule has 0 atom stereocenters. The van der Waals surface area contributed by atoms with Gasteiger partial charge in [-0.15, -0.1) is 0 Å². The highest BCUT2D eigenvalue weighted by Crippen LogP contribution is 2.29. The summed E-state index contributed by atoms with van der Waals surface area (Å²) in [5.41, 5.74) is 7.53. The van der Waals surface area contributed by atoms with E-state index in [0.29, 0.717) is 27.0 Å². The Morgan fingerprint density at radius 3 is 2.42 bits per heavy atom. The van der Waals surface area contributed by atoms with E-state index in [9.17, 15) is 4.79 Å². The summed E-state index contributed by atoms with van der Waals surface area (Å²) in [6.07, 6.45) is 0. The number of pyridine rings is 1. The van der Waals surface area contributed by atoms with Gasteiger partial charge < -0.3 is 10.5 Å². The van der Waals surface area contributed by atoms with E-state index in [1.54, 1.807) is 24.3 Å². The van der Waals surface area contributed by atoms with Crippen LogP contribution in [0, 0.1) is 0 Å². The zero-order chi connectivity index (χ0) is 14.0. The minimum Gasteiger partial charge on any atom is -0.464 e. The van der Waals surface area contributed by atoms with E-state index in [1.165, 1.54) is 13.2 Å². The molecule has 0 saturated heterocycles. The second-order valence-corrected chi connectivity index (χ2v) is 4.66. The number of esters is 1. The molecule has 6 heteroatoms. The third kappa shape index (κ3) is 2.97. The smallest absolute Gasteiger partial charge is 0.356 e. The van der Waals surface area contributed by atoms with Gasteiger partial charge >= 0.3 is 5.97 Å². The normalized spacial score (nSPS) is 10.3. The topological polar surface area (TPSA) is 65.2 Å². The van der Waals surface area contributed by atoms with Crippen molar-refractivity contribution in [3.05, 3.63) is 46.1 Å². The maximum Gasteiger partial charge on any atom is 0.356 e. The van der Waals surface area contributed by atoms with Crippen LogP contribution in [0.4, 0.5) is 5.69 Å². The second kappa shape index (κ2) is 5.47. The first-order chi connectivity index (χ1) is 9.01. The number of carbonyl (C=O) groups is 1. The highest BCUT2D eigenvalue weighted by molar-refractivity contribution is 6.35. The number of ether oxygens (including phenoxy) is 1. The van der Waals surface area contributed by atoms with E-state index >= 15 is 0 Å². The fourth-order valence-electron chi connectivity index (χ4n) is 1.61. The lowest BCUT2D eigenvalue weighted by Crippen LogP contribution is -2.06. The van der Waals surface area contributed by atoms with E-state index in [4.69, 9.17) is 28.9 Å². The molecule has 19 heavy (non-hydrogen) atoms. The minimum atomic E-state index is -0.533. The summed E-state index contributed by atoms with van der Waals surface area (Å²) in [7, 11) is 1.29. The molecule has 2 N–H and O–H groups in total. The van der Waals surface area contributed by atoms with Gasteiger partial charge in [0.2, 0.25) is 0 Å². The molecule has 0 aliphatic carbocycles. The summed E-state index contributed by atoms with van der Waals surface area (Å²) in [5, 5.41) is 0.930. The van der Waals surface area contributed by atoms with Crippen LogP contribution in [-0.2, 0) is 4.74 Å². The average molecular weight is 297 g/mol. The molecule has 1 aromatic heterocycles. The minimum absolute atomic E-state index is 0.169. The van der Waals surface area contributed by atoms with Crippen molar-refractivity contribution in [1.82, 2.24) is 4.98 Å². The molecule has 0 spiro atoms. The number of hydrogen-bond donors (Lipinski definition) is 1. The number of benzene rings is 1. The Morgan fingerprint density at radius 1 is 1.21 bits per heavy atom. The SMILES string of the molecule is COC(=O)c1ccc(N)c(-c2cc(Cl)cc(Cl)c2)n1. The van der Waals surface area contributed by atoms with Gasteiger partial charge in [-0.3, -0.25) is 0 Å². The Bertz CT molecular complexity index is 624. The molecule has 2 aromatic rings. The molecule has 0 bridgehead atoms. The molecule has 0 saturated carbocycles. The standard InChI is InChI=1S/C13H10Cl2N2O2/c1-19-13(18)11-3-2-10(16)12(17-11)7-4-8(14)6-9(15)5-7/h2-6H,16H2,1H3. The summed E-state index contributed by atoms with van der Waals surface area (Å²) in [5.74, 6) is -0.533. The Kier molecular flexibility index (Phi) is 3.93. The van der Waals surface area contributed by atoms with Crippen molar-refractivity contribution in [1.29, 1.82) is 0 Å². The van der Waals surface area contributed by atoms with Crippen LogP contribution in [0.5, 0.6) is 0 Å². The van der Waals surface area contributed by atoms with E-state index in [2.05, 4.69) is 9.72 Å². The predicted octanol–water partition coefficient (Wildman–Crippen LogP) is 3.42. The average Bonchev–Trinajstić information content (AvgIpc) is 2.37. The van der Waals surface area contributed by atoms with Gasteiger partial charge in [-0.25, -0.2) is 9.78 Å². The Labute approximate surface area is 120 Å². The van der Waals surface area contributed by atoms with Gasteiger partial charge in [0.15, 0.2) is 0 Å². The van der Waals surface area contributed by atoms with Crippen molar-refractivity contribution in [2.45, 2.75) is 0 Å². The van der Waals surface area contributed by atoms with E-state index in [-0.39, 0.29) is 5.69 Å². The molecule has 2 rings (SSSR count). The lowest BCUT2D eigenvalue weighted by molar-refractivity contribution is 0.0594. The number of methoxy groups -OCH3 is 1. The van der Waals surface area contributed by atoms with E-state index in [0.717, 1.165) is 0 Å². The molecule has 4 nitrogen and oxygen atoms in total. The highest BCUT2D eigenvalue weighted by Gasteiger charge is 2.12. The summed E-state index contributed by atoms with van der Waals surface area (Å²) >= 11 is 11.9. The number of anilines is 1. The summed E-state index contributed by atoms with van der Waals surface area (Å²) in [6.45, 7) is 0. The second-order valence-electron chi connectivity index (χ2n) is 3.78. The number of nitrogens with zero attached hydrogens (tertiary/aromatic N) is 1. The molecule has 0 aliphatic heterocycles. The van der Waals surface area contributed by atoms with Crippen molar-refractivity contribution in [3.63, 3.8) is 0 Å². The van der Waals surface area contributed by atoms with Gasteiger partial charge in [-0.05, 0) is 30.3 Å². The van der Waals surface area contributed by atoms with Gasteiger partial charge in [0.1, 0.15) is 5.69 Å². The lowest BCUT2D eigenvalue weighted by Gasteiger charge is -2.08. The molecule has 0 amide bonds. The molecule has 0 aliphatic rings. The molecule has 0 unspecified atom stereocenters. The number of rotatable bonds is 2. The molecule has 1 aromatic carbocycles. The first-order valence-corrected chi connectivity index (χ1v) is 6.08. The fraction of sp³-hybridized carbons (Fsp3) is 0.0769. The molecule has 0 fully saturated rings. The summed E-state index contributed by atoms with van der Waals surface area (Å²) in [6, 6.07) is 8.04. The van der Waals surface area contributed by atoms with Crippen LogP contribution in [0.2, 0.25) is 10.0 Å². The third-order valence-corrected chi connectivity index (χ3v) is 2.89. The molecule has 98 valence electrons. The fourth-order valence-corrected chi connectivity index (χ4v) is 2.14. The number of aromatic nitrogens is 1. The molecular formula is C13H10Cl2N2O2. The maximum atomic E-state index is 11.5. The number of carbonyl (C=O) groups excluding carboxylic acids is 1. The van der Waals surface area contributed by atoms with E-state index < -0.39 is 5.97 Å². The van der Waals surface area contributed by atoms with Gasteiger partial charge in [-0.1, -0.05) is 23.2 Å². The van der Waals surface area contributed by atoms with Crippen molar-refractivity contribution >= 4 is 34.9 Å². The molecular weight excluding hydrogens is 287 g/mol. The van der Waals surface area contributed by atoms with Crippen molar-refractivity contribution < 1.29 is 9.53 Å². The maximum absolute atomic E-state index is 11.5. The van der Waals surface area contributed by atoms with Gasteiger partial charge in [-0.2, -0.15) is 0 Å². The van der Waals surface area contributed by atoms with Crippen LogP contribution in [-0.4, -0.2) is 18.1 Å². The van der Waals surface area contributed by atoms with Crippen molar-refractivity contribution in [2.24, 2.45) is 0 Å². The van der Waals surface area contributed by atoms with Crippen LogP contribution < -0.4 is 5.73 Å². The lowest BCUT2D eigenvalue weighted by atomic mass is 10.1. The van der Waals surface area contributed by atoms with Crippen LogP contribution in [0.1, 0.15) is 10.5 Å². The van der Waals surface area contributed by atoms with Gasteiger partial charge in [0.25, 0.3) is 0 Å². The van der Waals surface area contributed by atoms with Crippen molar-refractivity contribution in [2.75, 3.05) is 12.8 Å². The largest absolute Gasteiger partial charge is 0.464 e. The van der Waals surface area contributed by atoms with Crippen LogP contribution >= 0.6 is 23.2 Å². The zero-order valence-electron chi connectivity index (χ0n) is 9.98. The first kappa shape index (κ1) is 13.6. The van der Waals surface area contributed by atoms with Crippen LogP contribution in [0.3, 0.4) is 0 Å². The summed E-state index contributed by atoms with van der Waals surface area (Å²) < 4.78 is 4.62. The quantitative estimate of drug-likeness (QED) is 0.862. The van der Waals surface area contributed by atoms with Crippen molar-refractivity contribution in [3.8, 4) is 11.3 Å². The number of halogens is 2. The monoisotopic (exact) mass is 296 g/mol. The van der Waals surface area contributed by atoms with E-state index in [1.807, 2.05) is 0 Å². The number of nitrogen functional groups attached to an aromatic ring is 1. The Balaban J connectivity index is 2.57. The molecule has 1 heterocycles. The highest BCUT2D eigenvalue weighted by atomic mass is 35.5. The zero-order valence-corrected chi connectivity index (χ0v) is 11.5. The predicted molar refractivity (Wildman–Crippen MR) is 75.4 cm³/mol. The summed E-state index contributed by atoms with van der Waals surface area (Å²) in [4.78, 5) is 15.6. The first-order valence-electron chi connectivity index (χ1n) is 5.32.